The first-order valence-electron chi connectivity index (χ1n) is 10.1. The van der Waals surface area contributed by atoms with Gasteiger partial charge in [0.1, 0.15) is 0 Å². The minimum absolute atomic E-state index is 0.100. The van der Waals surface area contributed by atoms with Gasteiger partial charge in [-0.2, -0.15) is 5.10 Å². The van der Waals surface area contributed by atoms with E-state index in [1.165, 1.54) is 0 Å². The van der Waals surface area contributed by atoms with Crippen LogP contribution in [0.2, 0.25) is 5.02 Å². The summed E-state index contributed by atoms with van der Waals surface area (Å²) in [6, 6.07) is 15.1. The van der Waals surface area contributed by atoms with Gasteiger partial charge in [-0.15, -0.1) is 0 Å². The lowest BCUT2D eigenvalue weighted by Gasteiger charge is -2.33. The van der Waals surface area contributed by atoms with Crippen LogP contribution in [0.1, 0.15) is 21.7 Å². The van der Waals surface area contributed by atoms with Gasteiger partial charge in [-0.3, -0.25) is 9.69 Å². The maximum Gasteiger partial charge on any atom is 0.259 e. The molecule has 7 nitrogen and oxygen atoms in total. The number of carbonyl (C=O) groups excluding carboxylic acids is 1. The number of hydrogen-bond acceptors (Lipinski definition) is 5. The van der Waals surface area contributed by atoms with Gasteiger partial charge in [0, 0.05) is 25.7 Å². The van der Waals surface area contributed by atoms with E-state index < -0.39 is 0 Å². The third kappa shape index (κ3) is 3.21. The molecule has 8 heteroatoms. The van der Waals surface area contributed by atoms with Gasteiger partial charge in [0.2, 0.25) is 0 Å². The fourth-order valence-corrected chi connectivity index (χ4v) is 3.97. The number of para-hydroxylation sites is 2. The molecule has 0 bridgehead atoms. The maximum atomic E-state index is 13.4. The fourth-order valence-electron chi connectivity index (χ4n) is 3.85. The van der Waals surface area contributed by atoms with Gasteiger partial charge in [-0.25, -0.2) is 14.6 Å². The number of carbonyl (C=O) groups is 1. The number of amides is 1. The molecule has 0 unspecified atom stereocenters. The molecule has 3 heterocycles. The predicted molar refractivity (Wildman–Crippen MR) is 123 cm³/mol. The second-order valence-electron chi connectivity index (χ2n) is 7.68. The summed E-state index contributed by atoms with van der Waals surface area (Å²) < 4.78 is 1.79. The zero-order valence-electron chi connectivity index (χ0n) is 17.5. The molecule has 0 aliphatic carbocycles. The molecule has 1 aliphatic rings. The van der Waals surface area contributed by atoms with Crippen LogP contribution in [0.4, 0.5) is 11.6 Å². The number of benzene rings is 2. The van der Waals surface area contributed by atoms with E-state index in [-0.39, 0.29) is 5.91 Å². The Balaban J connectivity index is 1.50. The third-order valence-electron chi connectivity index (χ3n) is 5.62. The van der Waals surface area contributed by atoms with Crippen LogP contribution in [0.25, 0.3) is 16.7 Å². The molecule has 0 spiro atoms. The van der Waals surface area contributed by atoms with E-state index in [9.17, 15) is 4.79 Å². The molecule has 156 valence electrons. The van der Waals surface area contributed by atoms with Gasteiger partial charge in [-0.1, -0.05) is 23.7 Å². The molecule has 0 saturated heterocycles. The van der Waals surface area contributed by atoms with E-state index in [2.05, 4.69) is 5.10 Å². The van der Waals surface area contributed by atoms with Crippen molar-refractivity contribution in [3.05, 3.63) is 70.5 Å². The topological polar surface area (TPSA) is 67.2 Å². The second-order valence-corrected chi connectivity index (χ2v) is 8.06. The van der Waals surface area contributed by atoms with Crippen molar-refractivity contribution in [2.45, 2.75) is 13.8 Å². The molecule has 0 atom stereocenters. The number of nitrogens with zero attached hydrogens (tertiary/aromatic N) is 6. The highest BCUT2D eigenvalue weighted by Crippen LogP contribution is 2.31. The lowest BCUT2D eigenvalue weighted by atomic mass is 10.1. The minimum Gasteiger partial charge on any atom is -0.355 e. The molecule has 2 aromatic heterocycles. The molecule has 4 aromatic rings. The molecular formula is C23H21ClN6O. The van der Waals surface area contributed by atoms with Crippen LogP contribution < -0.4 is 9.80 Å². The van der Waals surface area contributed by atoms with Crippen LogP contribution >= 0.6 is 11.6 Å². The summed E-state index contributed by atoms with van der Waals surface area (Å²) in [6.45, 7) is 5.03. The van der Waals surface area contributed by atoms with Crippen LogP contribution in [-0.4, -0.2) is 45.8 Å². The number of aryl methyl sites for hydroxylation is 1. The van der Waals surface area contributed by atoms with Gasteiger partial charge in [0.05, 0.1) is 33.1 Å². The van der Waals surface area contributed by atoms with Crippen LogP contribution in [0.15, 0.2) is 48.5 Å². The number of rotatable bonds is 2. The third-order valence-corrected chi connectivity index (χ3v) is 6.16. The SMILES string of the molecule is Cc1nn(-c2ccc(C(=O)N3CCN(C)c4nc5ccccc5nc43)cc2)c(C)c1Cl. The van der Waals surface area contributed by atoms with Crippen LogP contribution in [0, 0.1) is 13.8 Å². The van der Waals surface area contributed by atoms with E-state index in [0.717, 1.165) is 28.1 Å². The molecule has 1 aliphatic heterocycles. The highest BCUT2D eigenvalue weighted by molar-refractivity contribution is 6.31. The molecule has 2 aromatic carbocycles. The first-order chi connectivity index (χ1) is 14.9. The lowest BCUT2D eigenvalue weighted by Crippen LogP contribution is -2.43. The van der Waals surface area contributed by atoms with E-state index >= 15 is 0 Å². The van der Waals surface area contributed by atoms with E-state index in [4.69, 9.17) is 21.6 Å². The Morgan fingerprint density at radius 1 is 0.935 bits per heavy atom. The van der Waals surface area contributed by atoms with Crippen molar-refractivity contribution in [3.8, 4) is 5.69 Å². The van der Waals surface area contributed by atoms with Crippen molar-refractivity contribution in [3.63, 3.8) is 0 Å². The smallest absolute Gasteiger partial charge is 0.259 e. The van der Waals surface area contributed by atoms with Crippen LogP contribution in [-0.2, 0) is 0 Å². The van der Waals surface area contributed by atoms with Crippen molar-refractivity contribution in [1.82, 2.24) is 19.7 Å². The average molecular weight is 433 g/mol. The highest BCUT2D eigenvalue weighted by atomic mass is 35.5. The molecular weight excluding hydrogens is 412 g/mol. The summed E-state index contributed by atoms with van der Waals surface area (Å²) in [6.07, 6.45) is 0. The predicted octanol–water partition coefficient (Wildman–Crippen LogP) is 4.18. The van der Waals surface area contributed by atoms with Crippen molar-refractivity contribution < 1.29 is 4.79 Å². The lowest BCUT2D eigenvalue weighted by molar-refractivity contribution is 0.0986. The molecule has 5 rings (SSSR count). The van der Waals surface area contributed by atoms with Gasteiger partial charge in [0.25, 0.3) is 5.91 Å². The Labute approximate surface area is 184 Å². The molecule has 0 N–H and O–H groups in total. The Morgan fingerprint density at radius 2 is 1.58 bits per heavy atom. The number of anilines is 2. The highest BCUT2D eigenvalue weighted by Gasteiger charge is 2.29. The van der Waals surface area contributed by atoms with Crippen LogP contribution in [0.5, 0.6) is 0 Å². The standard InChI is InChI=1S/C23H21ClN6O/c1-14-20(24)15(2)30(27-14)17-10-8-16(9-11-17)23(31)29-13-12-28(3)21-22(29)26-19-7-5-4-6-18(19)25-21/h4-11H,12-13H2,1-3H3. The van der Waals surface area contributed by atoms with E-state index in [0.29, 0.717) is 35.3 Å². The number of hydrogen-bond donors (Lipinski definition) is 0. The van der Waals surface area contributed by atoms with Crippen molar-refractivity contribution >= 4 is 40.2 Å². The van der Waals surface area contributed by atoms with Crippen LogP contribution in [0.3, 0.4) is 0 Å². The van der Waals surface area contributed by atoms with Gasteiger partial charge in [-0.05, 0) is 50.2 Å². The first kappa shape index (κ1) is 19.5. The molecule has 1 amide bonds. The van der Waals surface area contributed by atoms with Crippen molar-refractivity contribution in [2.75, 3.05) is 29.9 Å². The summed E-state index contributed by atoms with van der Waals surface area (Å²) >= 11 is 6.27. The largest absolute Gasteiger partial charge is 0.355 e. The number of fused-ring (bicyclic) bond motifs is 2. The summed E-state index contributed by atoms with van der Waals surface area (Å²) in [5, 5.41) is 5.13. The van der Waals surface area contributed by atoms with Crippen molar-refractivity contribution in [2.24, 2.45) is 0 Å². The normalized spacial score (nSPS) is 13.5. The first-order valence-corrected chi connectivity index (χ1v) is 10.4. The van der Waals surface area contributed by atoms with Gasteiger partial charge < -0.3 is 4.90 Å². The Hall–Kier alpha value is -3.45. The molecule has 0 radical (unpaired) electrons. The molecule has 31 heavy (non-hydrogen) atoms. The van der Waals surface area contributed by atoms with Gasteiger partial charge >= 0.3 is 0 Å². The fraction of sp³-hybridized carbons (Fsp3) is 0.217. The van der Waals surface area contributed by atoms with Crippen molar-refractivity contribution in [1.29, 1.82) is 0 Å². The summed E-state index contributed by atoms with van der Waals surface area (Å²) in [7, 11) is 1.97. The number of likely N-dealkylation sites (N-methyl/N-ethyl adjacent to an activating group) is 1. The van der Waals surface area contributed by atoms with E-state index in [1.807, 2.05) is 74.3 Å². The summed E-state index contributed by atoms with van der Waals surface area (Å²) in [4.78, 5) is 26.6. The Kier molecular flexibility index (Phi) is 4.63. The Bertz CT molecular complexity index is 1310. The quantitative estimate of drug-likeness (QED) is 0.475. The molecule has 0 fully saturated rings. The summed E-state index contributed by atoms with van der Waals surface area (Å²) in [5.41, 5.74) is 4.67. The molecule has 0 saturated carbocycles. The number of halogens is 1. The van der Waals surface area contributed by atoms with Gasteiger partial charge in [0.15, 0.2) is 11.6 Å². The Morgan fingerprint density at radius 3 is 2.19 bits per heavy atom. The average Bonchev–Trinajstić information content (AvgIpc) is 3.05. The maximum absolute atomic E-state index is 13.4. The minimum atomic E-state index is -0.100. The zero-order valence-corrected chi connectivity index (χ0v) is 18.3. The monoisotopic (exact) mass is 432 g/mol. The van der Waals surface area contributed by atoms with E-state index in [1.54, 1.807) is 9.58 Å². The number of aromatic nitrogens is 4. The summed E-state index contributed by atoms with van der Waals surface area (Å²) in [5.74, 6) is 1.20. The second kappa shape index (κ2) is 7.35. The zero-order chi connectivity index (χ0) is 21.7.